The zero-order chi connectivity index (χ0) is 15.4. The molecule has 21 heavy (non-hydrogen) atoms. The van der Waals surface area contributed by atoms with E-state index < -0.39 is 11.7 Å². The van der Waals surface area contributed by atoms with Gasteiger partial charge in [0.1, 0.15) is 11.6 Å². The SMILES string of the molecule is CC(=O)Nc1ccc(F)c(C(=O)Nc2ncccc2C)c1. The van der Waals surface area contributed by atoms with Crippen LogP contribution in [0.2, 0.25) is 0 Å². The monoisotopic (exact) mass is 287 g/mol. The number of carbonyl (C=O) groups is 2. The summed E-state index contributed by atoms with van der Waals surface area (Å²) >= 11 is 0. The summed E-state index contributed by atoms with van der Waals surface area (Å²) in [6.07, 6.45) is 1.53. The summed E-state index contributed by atoms with van der Waals surface area (Å²) in [5.41, 5.74) is 0.961. The first-order chi connectivity index (χ1) is 9.97. The van der Waals surface area contributed by atoms with Gasteiger partial charge in [0.2, 0.25) is 5.91 Å². The van der Waals surface area contributed by atoms with E-state index >= 15 is 0 Å². The van der Waals surface area contributed by atoms with Crippen molar-refractivity contribution in [1.29, 1.82) is 0 Å². The molecule has 0 unspecified atom stereocenters. The Hall–Kier alpha value is -2.76. The average Bonchev–Trinajstić information content (AvgIpc) is 2.43. The van der Waals surface area contributed by atoms with Gasteiger partial charge in [-0.15, -0.1) is 0 Å². The Morgan fingerprint density at radius 2 is 1.95 bits per heavy atom. The van der Waals surface area contributed by atoms with E-state index in [0.717, 1.165) is 11.6 Å². The van der Waals surface area contributed by atoms with E-state index in [2.05, 4.69) is 15.6 Å². The Kier molecular flexibility index (Phi) is 4.27. The molecule has 1 heterocycles. The second-order valence-corrected chi connectivity index (χ2v) is 4.50. The molecule has 108 valence electrons. The van der Waals surface area contributed by atoms with Gasteiger partial charge in [0.05, 0.1) is 5.56 Å². The summed E-state index contributed by atoms with van der Waals surface area (Å²) in [5.74, 6) is -1.22. The number of aryl methyl sites for hydroxylation is 1. The normalized spacial score (nSPS) is 10.0. The van der Waals surface area contributed by atoms with Crippen molar-refractivity contribution in [3.05, 3.63) is 53.5 Å². The number of hydrogen-bond donors (Lipinski definition) is 2. The Morgan fingerprint density at radius 3 is 2.62 bits per heavy atom. The first kappa shape index (κ1) is 14.6. The standard InChI is InChI=1S/C15H14FN3O2/c1-9-4-3-7-17-14(9)19-15(21)12-8-11(18-10(2)20)5-6-13(12)16/h3-8H,1-2H3,(H,18,20)(H,17,19,21). The number of benzene rings is 1. The number of amides is 2. The molecule has 5 nitrogen and oxygen atoms in total. The van der Waals surface area contributed by atoms with Gasteiger partial charge >= 0.3 is 0 Å². The quantitative estimate of drug-likeness (QED) is 0.911. The Morgan fingerprint density at radius 1 is 1.19 bits per heavy atom. The van der Waals surface area contributed by atoms with E-state index in [1.165, 1.54) is 25.3 Å². The molecule has 0 aliphatic rings. The van der Waals surface area contributed by atoms with Crippen molar-refractivity contribution < 1.29 is 14.0 Å². The Bertz CT molecular complexity index is 701. The number of hydrogen-bond acceptors (Lipinski definition) is 3. The van der Waals surface area contributed by atoms with Crippen LogP contribution in [0.4, 0.5) is 15.9 Å². The Labute approximate surface area is 121 Å². The lowest BCUT2D eigenvalue weighted by Crippen LogP contribution is -2.16. The number of pyridine rings is 1. The molecule has 2 N–H and O–H groups in total. The van der Waals surface area contributed by atoms with Crippen molar-refractivity contribution >= 4 is 23.3 Å². The topological polar surface area (TPSA) is 71.1 Å². The van der Waals surface area contributed by atoms with Crippen molar-refractivity contribution in [1.82, 2.24) is 4.98 Å². The molecule has 6 heteroatoms. The highest BCUT2D eigenvalue weighted by Crippen LogP contribution is 2.17. The molecule has 2 aromatic rings. The van der Waals surface area contributed by atoms with Crippen LogP contribution in [0, 0.1) is 12.7 Å². The molecular weight excluding hydrogens is 273 g/mol. The second kappa shape index (κ2) is 6.13. The van der Waals surface area contributed by atoms with Crippen molar-refractivity contribution in [2.45, 2.75) is 13.8 Å². The molecule has 0 saturated carbocycles. The van der Waals surface area contributed by atoms with Crippen LogP contribution in [0.15, 0.2) is 36.5 Å². The third-order valence-corrected chi connectivity index (χ3v) is 2.77. The van der Waals surface area contributed by atoms with Gasteiger partial charge in [0.25, 0.3) is 5.91 Å². The van der Waals surface area contributed by atoms with Crippen LogP contribution >= 0.6 is 0 Å². The molecule has 0 saturated heterocycles. The smallest absolute Gasteiger partial charge is 0.259 e. The van der Waals surface area contributed by atoms with Gasteiger partial charge in [-0.2, -0.15) is 0 Å². The molecule has 0 fully saturated rings. The van der Waals surface area contributed by atoms with Crippen molar-refractivity contribution in [3.8, 4) is 0 Å². The van der Waals surface area contributed by atoms with Gasteiger partial charge in [0, 0.05) is 18.8 Å². The number of halogens is 1. The highest BCUT2D eigenvalue weighted by Gasteiger charge is 2.14. The molecule has 2 amide bonds. The first-order valence-electron chi connectivity index (χ1n) is 6.27. The third-order valence-electron chi connectivity index (χ3n) is 2.77. The Balaban J connectivity index is 2.26. The van der Waals surface area contributed by atoms with E-state index in [1.807, 2.05) is 0 Å². The lowest BCUT2D eigenvalue weighted by Gasteiger charge is -2.09. The fourth-order valence-electron chi connectivity index (χ4n) is 1.77. The minimum atomic E-state index is -0.671. The van der Waals surface area contributed by atoms with Gasteiger partial charge in [-0.05, 0) is 36.8 Å². The van der Waals surface area contributed by atoms with Gasteiger partial charge < -0.3 is 10.6 Å². The van der Waals surface area contributed by atoms with Crippen LogP contribution in [-0.2, 0) is 4.79 Å². The number of anilines is 2. The van der Waals surface area contributed by atoms with Crippen LogP contribution in [0.3, 0.4) is 0 Å². The number of carbonyl (C=O) groups excluding carboxylic acids is 2. The molecule has 1 aromatic heterocycles. The summed E-state index contributed by atoms with van der Waals surface area (Å²) < 4.78 is 13.8. The average molecular weight is 287 g/mol. The predicted octanol–water partition coefficient (Wildman–Crippen LogP) is 2.74. The molecule has 1 aromatic carbocycles. The summed E-state index contributed by atoms with van der Waals surface area (Å²) in [6.45, 7) is 3.12. The zero-order valence-corrected chi connectivity index (χ0v) is 11.6. The van der Waals surface area contributed by atoms with Crippen LogP contribution in [0.1, 0.15) is 22.8 Å². The van der Waals surface area contributed by atoms with E-state index in [1.54, 1.807) is 19.1 Å². The second-order valence-electron chi connectivity index (χ2n) is 4.50. The van der Waals surface area contributed by atoms with Gasteiger partial charge in [-0.3, -0.25) is 9.59 Å². The molecule has 2 rings (SSSR count). The summed E-state index contributed by atoms with van der Waals surface area (Å²) in [6, 6.07) is 7.32. The highest BCUT2D eigenvalue weighted by molar-refractivity contribution is 6.05. The number of rotatable bonds is 3. The van der Waals surface area contributed by atoms with Crippen molar-refractivity contribution in [2.24, 2.45) is 0 Å². The largest absolute Gasteiger partial charge is 0.326 e. The van der Waals surface area contributed by atoms with Crippen LogP contribution in [-0.4, -0.2) is 16.8 Å². The van der Waals surface area contributed by atoms with E-state index in [0.29, 0.717) is 11.5 Å². The summed E-state index contributed by atoms with van der Waals surface area (Å²) in [4.78, 5) is 27.1. The van der Waals surface area contributed by atoms with Crippen molar-refractivity contribution in [3.63, 3.8) is 0 Å². The molecule has 0 radical (unpaired) electrons. The lowest BCUT2D eigenvalue weighted by atomic mass is 10.1. The van der Waals surface area contributed by atoms with Gasteiger partial charge in [-0.1, -0.05) is 6.07 Å². The summed E-state index contributed by atoms with van der Waals surface area (Å²) in [7, 11) is 0. The molecule has 0 aliphatic carbocycles. The van der Waals surface area contributed by atoms with E-state index in [9.17, 15) is 14.0 Å². The minimum absolute atomic E-state index is 0.161. The molecular formula is C15H14FN3O2. The number of nitrogens with one attached hydrogen (secondary N) is 2. The fraction of sp³-hybridized carbons (Fsp3) is 0.133. The summed E-state index contributed by atoms with van der Waals surface area (Å²) in [5, 5.41) is 5.05. The van der Waals surface area contributed by atoms with E-state index in [-0.39, 0.29) is 11.5 Å². The first-order valence-corrected chi connectivity index (χ1v) is 6.27. The van der Waals surface area contributed by atoms with Gasteiger partial charge in [0.15, 0.2) is 0 Å². The number of aromatic nitrogens is 1. The van der Waals surface area contributed by atoms with Crippen LogP contribution in [0.5, 0.6) is 0 Å². The maximum Gasteiger partial charge on any atom is 0.259 e. The molecule has 0 aliphatic heterocycles. The fourth-order valence-corrected chi connectivity index (χ4v) is 1.77. The molecule has 0 atom stereocenters. The zero-order valence-electron chi connectivity index (χ0n) is 11.6. The highest BCUT2D eigenvalue weighted by atomic mass is 19.1. The number of nitrogens with zero attached hydrogens (tertiary/aromatic N) is 1. The van der Waals surface area contributed by atoms with Crippen LogP contribution < -0.4 is 10.6 Å². The molecule has 0 bridgehead atoms. The maximum absolute atomic E-state index is 13.8. The third kappa shape index (κ3) is 3.62. The van der Waals surface area contributed by atoms with E-state index in [4.69, 9.17) is 0 Å². The van der Waals surface area contributed by atoms with Crippen LogP contribution in [0.25, 0.3) is 0 Å². The van der Waals surface area contributed by atoms with Crippen molar-refractivity contribution in [2.75, 3.05) is 10.6 Å². The molecule has 0 spiro atoms. The minimum Gasteiger partial charge on any atom is -0.326 e. The maximum atomic E-state index is 13.8. The van der Waals surface area contributed by atoms with Gasteiger partial charge in [-0.25, -0.2) is 9.37 Å². The lowest BCUT2D eigenvalue weighted by molar-refractivity contribution is -0.114. The predicted molar refractivity (Wildman–Crippen MR) is 77.6 cm³/mol.